The van der Waals surface area contributed by atoms with Gasteiger partial charge in [0.15, 0.2) is 0 Å². The normalized spacial score (nSPS) is 15.3. The van der Waals surface area contributed by atoms with Gasteiger partial charge >= 0.3 is 0 Å². The van der Waals surface area contributed by atoms with Crippen LogP contribution in [0.15, 0.2) is 35.8 Å². The minimum absolute atomic E-state index is 0.00862. The molecule has 3 heterocycles. The number of unbranched alkanes of at least 4 members (excludes halogenated alkanes) is 8. The molecule has 43 heavy (non-hydrogen) atoms. The third-order valence-corrected chi connectivity index (χ3v) is 9.17. The third-order valence-electron chi connectivity index (χ3n) is 8.35. The lowest BCUT2D eigenvalue weighted by molar-refractivity contribution is -0.135. The molecule has 1 unspecified atom stereocenters. The first kappa shape index (κ1) is 32.7. The van der Waals surface area contributed by atoms with Crippen LogP contribution in [0, 0.1) is 0 Å². The molecule has 2 amide bonds. The quantitative estimate of drug-likeness (QED) is 0.165. The summed E-state index contributed by atoms with van der Waals surface area (Å²) < 4.78 is 7.18. The van der Waals surface area contributed by atoms with Crippen molar-refractivity contribution in [2.45, 2.75) is 104 Å². The van der Waals surface area contributed by atoms with Gasteiger partial charge in [0.25, 0.3) is 5.91 Å². The van der Waals surface area contributed by atoms with Crippen molar-refractivity contribution in [2.75, 3.05) is 26.7 Å². The second-order valence-corrected chi connectivity index (χ2v) is 12.9. The molecule has 2 aromatic heterocycles. The monoisotopic (exact) mass is 607 g/mol. The molecular formula is C34H49N5O3S. The highest BCUT2D eigenvalue weighted by molar-refractivity contribution is 7.12. The second-order valence-electron chi connectivity index (χ2n) is 12.0. The lowest BCUT2D eigenvalue weighted by Crippen LogP contribution is -2.55. The molecule has 1 aliphatic rings. The van der Waals surface area contributed by atoms with Crippen LogP contribution < -0.4 is 4.74 Å². The van der Waals surface area contributed by atoms with E-state index in [0.29, 0.717) is 31.6 Å². The molecule has 1 saturated heterocycles. The number of carbonyl (C=O) groups excluding carboxylic acids is 2. The van der Waals surface area contributed by atoms with Gasteiger partial charge in [-0.2, -0.15) is 5.10 Å². The summed E-state index contributed by atoms with van der Waals surface area (Å²) in [6, 6.07) is 7.81. The molecule has 0 aliphatic carbocycles. The number of nitrogens with zero attached hydrogens (tertiary/aromatic N) is 5. The van der Waals surface area contributed by atoms with E-state index in [4.69, 9.17) is 9.72 Å². The van der Waals surface area contributed by atoms with Gasteiger partial charge in [0.1, 0.15) is 5.75 Å². The Morgan fingerprint density at radius 3 is 2.44 bits per heavy atom. The molecule has 0 saturated carbocycles. The zero-order chi connectivity index (χ0) is 30.8. The van der Waals surface area contributed by atoms with E-state index >= 15 is 0 Å². The van der Waals surface area contributed by atoms with Crippen molar-refractivity contribution in [1.82, 2.24) is 24.6 Å². The summed E-state index contributed by atoms with van der Waals surface area (Å²) in [6.45, 7) is 10.1. The molecule has 1 aliphatic heterocycles. The number of thiazole rings is 1. The van der Waals surface area contributed by atoms with E-state index in [-0.39, 0.29) is 23.8 Å². The van der Waals surface area contributed by atoms with Gasteiger partial charge in [0.2, 0.25) is 11.0 Å². The summed E-state index contributed by atoms with van der Waals surface area (Å²) in [4.78, 5) is 35.5. The molecule has 9 heteroatoms. The predicted molar refractivity (Wildman–Crippen MR) is 174 cm³/mol. The highest BCUT2D eigenvalue weighted by Gasteiger charge is 2.32. The maximum Gasteiger partial charge on any atom is 0.257 e. The fraction of sp³-hybridized carbons (Fsp3) is 0.588. The van der Waals surface area contributed by atoms with E-state index in [0.717, 1.165) is 40.7 Å². The Bertz CT molecular complexity index is 1330. The summed E-state index contributed by atoms with van der Waals surface area (Å²) in [5.74, 6) is 1.04. The first-order valence-electron chi connectivity index (χ1n) is 16.1. The SMILES string of the molecule is CCCCCCCCCCCC(=O)N1CCN(C(=O)c2cnn(-c3nc(-c4cccc(OC)c4)cs3)c2C(C)C)CC1C. The van der Waals surface area contributed by atoms with Crippen LogP contribution in [0.4, 0.5) is 0 Å². The van der Waals surface area contributed by atoms with Crippen LogP contribution >= 0.6 is 11.3 Å². The average molecular weight is 608 g/mol. The van der Waals surface area contributed by atoms with Crippen LogP contribution in [0.1, 0.15) is 114 Å². The Morgan fingerprint density at radius 2 is 1.77 bits per heavy atom. The van der Waals surface area contributed by atoms with E-state index in [2.05, 4.69) is 32.8 Å². The van der Waals surface area contributed by atoms with Crippen LogP contribution in [0.2, 0.25) is 0 Å². The maximum atomic E-state index is 13.8. The Labute approximate surface area is 261 Å². The molecule has 1 fully saturated rings. The van der Waals surface area contributed by atoms with Crippen molar-refractivity contribution in [3.63, 3.8) is 0 Å². The number of methoxy groups -OCH3 is 1. The molecular weight excluding hydrogens is 558 g/mol. The molecule has 0 N–H and O–H groups in total. The topological polar surface area (TPSA) is 80.6 Å². The van der Waals surface area contributed by atoms with Gasteiger partial charge in [0, 0.05) is 43.0 Å². The van der Waals surface area contributed by atoms with E-state index in [1.165, 1.54) is 56.3 Å². The minimum Gasteiger partial charge on any atom is -0.497 e. The van der Waals surface area contributed by atoms with Gasteiger partial charge in [-0.15, -0.1) is 11.3 Å². The van der Waals surface area contributed by atoms with E-state index in [9.17, 15) is 9.59 Å². The van der Waals surface area contributed by atoms with Crippen LogP contribution in [0.3, 0.4) is 0 Å². The molecule has 4 rings (SSSR count). The fourth-order valence-corrected chi connectivity index (χ4v) is 6.72. The number of aromatic nitrogens is 3. The second kappa shape index (κ2) is 16.0. The largest absolute Gasteiger partial charge is 0.497 e. The smallest absolute Gasteiger partial charge is 0.257 e. The van der Waals surface area contributed by atoms with Gasteiger partial charge in [0.05, 0.1) is 30.3 Å². The molecule has 3 aromatic rings. The minimum atomic E-state index is -0.0302. The van der Waals surface area contributed by atoms with E-state index in [1.54, 1.807) is 18.0 Å². The number of hydrogen-bond donors (Lipinski definition) is 0. The van der Waals surface area contributed by atoms with Crippen LogP contribution in [-0.2, 0) is 4.79 Å². The summed E-state index contributed by atoms with van der Waals surface area (Å²) in [5, 5.41) is 7.35. The first-order valence-corrected chi connectivity index (χ1v) is 17.0. The first-order chi connectivity index (χ1) is 20.8. The number of ether oxygens (including phenoxy) is 1. The molecule has 1 aromatic carbocycles. The zero-order valence-corrected chi connectivity index (χ0v) is 27.5. The van der Waals surface area contributed by atoms with Crippen molar-refractivity contribution in [1.29, 1.82) is 0 Å². The number of benzene rings is 1. The van der Waals surface area contributed by atoms with Gasteiger partial charge < -0.3 is 14.5 Å². The predicted octanol–water partition coefficient (Wildman–Crippen LogP) is 7.72. The number of carbonyl (C=O) groups is 2. The van der Waals surface area contributed by atoms with Crippen molar-refractivity contribution >= 4 is 23.2 Å². The summed E-state index contributed by atoms with van der Waals surface area (Å²) in [6.07, 6.45) is 13.5. The van der Waals surface area contributed by atoms with Crippen LogP contribution in [0.5, 0.6) is 5.75 Å². The summed E-state index contributed by atoms with van der Waals surface area (Å²) in [7, 11) is 1.65. The Balaban J connectivity index is 1.33. The van der Waals surface area contributed by atoms with Crippen molar-refractivity contribution in [2.24, 2.45) is 0 Å². The average Bonchev–Trinajstić information content (AvgIpc) is 3.68. The van der Waals surface area contributed by atoms with Gasteiger partial charge in [-0.3, -0.25) is 9.59 Å². The van der Waals surface area contributed by atoms with Gasteiger partial charge in [-0.25, -0.2) is 9.67 Å². The summed E-state index contributed by atoms with van der Waals surface area (Å²) >= 11 is 1.50. The summed E-state index contributed by atoms with van der Waals surface area (Å²) in [5.41, 5.74) is 3.27. The van der Waals surface area contributed by atoms with E-state index < -0.39 is 0 Å². The zero-order valence-electron chi connectivity index (χ0n) is 26.7. The molecule has 234 valence electrons. The number of hydrogen-bond acceptors (Lipinski definition) is 6. The Hall–Kier alpha value is -3.20. The van der Waals surface area contributed by atoms with Crippen molar-refractivity contribution < 1.29 is 14.3 Å². The molecule has 0 radical (unpaired) electrons. The highest BCUT2D eigenvalue weighted by atomic mass is 32.1. The highest BCUT2D eigenvalue weighted by Crippen LogP contribution is 2.30. The standard InChI is InChI=1S/C34H49N5O3S/c1-6-7-8-9-10-11-12-13-14-18-31(40)38-20-19-37(23-26(38)4)33(41)29-22-35-39(32(29)25(2)3)34-36-30(24-43-34)27-16-15-17-28(21-27)42-5/h15-17,21-22,24-26H,6-14,18-20,23H2,1-5H3. The molecule has 8 nitrogen and oxygen atoms in total. The van der Waals surface area contributed by atoms with Crippen molar-refractivity contribution in [3.8, 4) is 22.1 Å². The lowest BCUT2D eigenvalue weighted by atomic mass is 10.0. The molecule has 0 spiro atoms. The Kier molecular flexibility index (Phi) is 12.2. The number of piperazine rings is 1. The number of amides is 2. The van der Waals surface area contributed by atoms with Crippen LogP contribution in [0.25, 0.3) is 16.4 Å². The fourth-order valence-electron chi connectivity index (χ4n) is 5.92. The number of rotatable bonds is 15. The van der Waals surface area contributed by atoms with Gasteiger partial charge in [-0.1, -0.05) is 84.3 Å². The Morgan fingerprint density at radius 1 is 1.05 bits per heavy atom. The van der Waals surface area contributed by atoms with E-state index in [1.807, 2.05) is 39.4 Å². The van der Waals surface area contributed by atoms with Crippen molar-refractivity contribution in [3.05, 3.63) is 47.1 Å². The lowest BCUT2D eigenvalue weighted by Gasteiger charge is -2.40. The molecule has 0 bridgehead atoms. The van der Waals surface area contributed by atoms with Crippen LogP contribution in [-0.4, -0.2) is 69.2 Å². The maximum absolute atomic E-state index is 13.8. The molecule has 1 atom stereocenters. The third kappa shape index (κ3) is 8.46. The van der Waals surface area contributed by atoms with Gasteiger partial charge in [-0.05, 0) is 31.4 Å².